The molecule has 1 spiro atoms. The summed E-state index contributed by atoms with van der Waals surface area (Å²) in [7, 11) is -3.06. The van der Waals surface area contributed by atoms with Gasteiger partial charge in [0.05, 0.1) is 11.2 Å². The molecule has 1 atom stereocenters. The fraction of sp³-hybridized carbons (Fsp3) is 0.579. The minimum Gasteiger partial charge on any atom is -0.475 e. The molecule has 2 aliphatic rings. The highest BCUT2D eigenvalue weighted by Gasteiger charge is 2.53. The van der Waals surface area contributed by atoms with Crippen LogP contribution in [0.25, 0.3) is 0 Å². The van der Waals surface area contributed by atoms with E-state index >= 15 is 0 Å². The topological polar surface area (TPSA) is 95.0 Å². The fourth-order valence-corrected chi connectivity index (χ4v) is 4.32. The zero-order chi connectivity index (χ0) is 23.4. The van der Waals surface area contributed by atoms with Crippen LogP contribution >= 0.6 is 0 Å². The largest absolute Gasteiger partial charge is 0.490 e. The Morgan fingerprint density at radius 2 is 1.90 bits per heavy atom. The van der Waals surface area contributed by atoms with E-state index in [4.69, 9.17) is 9.90 Å². The first-order valence-electron chi connectivity index (χ1n) is 9.46. The predicted octanol–water partition coefficient (Wildman–Crippen LogP) is 1.93. The Morgan fingerprint density at radius 3 is 2.42 bits per heavy atom. The molecule has 7 nitrogen and oxygen atoms in total. The predicted molar refractivity (Wildman–Crippen MR) is 103 cm³/mol. The number of carbonyl (C=O) groups excluding carboxylic acids is 1. The number of amides is 1. The third kappa shape index (κ3) is 7.17. The van der Waals surface area contributed by atoms with E-state index in [1.165, 1.54) is 18.4 Å². The monoisotopic (exact) mass is 468 g/mol. The zero-order valence-corrected chi connectivity index (χ0v) is 17.7. The lowest BCUT2D eigenvalue weighted by atomic mass is 9.72. The molecule has 0 aromatic heterocycles. The Bertz CT molecular complexity index is 922. The summed E-state index contributed by atoms with van der Waals surface area (Å²) in [6.07, 6.45) is -2.11. The number of β-lactam (4-membered cyclic amide) rings is 1. The number of carboxylic acid groups (broad SMARTS) is 1. The van der Waals surface area contributed by atoms with Gasteiger partial charge >= 0.3 is 12.1 Å². The number of halogens is 4. The van der Waals surface area contributed by atoms with Crippen LogP contribution in [0.3, 0.4) is 0 Å². The third-order valence-corrected chi connectivity index (χ3v) is 6.08. The van der Waals surface area contributed by atoms with E-state index in [0.717, 1.165) is 24.9 Å². The van der Waals surface area contributed by atoms with Crippen LogP contribution in [0, 0.1) is 11.2 Å². The van der Waals surface area contributed by atoms with Crippen LogP contribution in [0.5, 0.6) is 0 Å². The smallest absolute Gasteiger partial charge is 0.475 e. The number of hydrogen-bond acceptors (Lipinski definition) is 5. The summed E-state index contributed by atoms with van der Waals surface area (Å²) in [6, 6.07) is 6.55. The third-order valence-electron chi connectivity index (χ3n) is 5.16. The molecule has 0 saturated carbocycles. The lowest BCUT2D eigenvalue weighted by molar-refractivity contribution is -0.192. The van der Waals surface area contributed by atoms with Gasteiger partial charge in [0, 0.05) is 32.4 Å². The van der Waals surface area contributed by atoms with Crippen molar-refractivity contribution in [2.24, 2.45) is 5.41 Å². The molecule has 2 fully saturated rings. The summed E-state index contributed by atoms with van der Waals surface area (Å²) in [4.78, 5) is 25.3. The van der Waals surface area contributed by atoms with Gasteiger partial charge in [0.25, 0.3) is 0 Å². The highest BCUT2D eigenvalue weighted by molar-refractivity contribution is 7.90. The second-order valence-corrected chi connectivity index (χ2v) is 10.1. The first-order chi connectivity index (χ1) is 14.2. The first kappa shape index (κ1) is 25.1. The molecule has 2 heterocycles. The molecule has 0 aliphatic carbocycles. The van der Waals surface area contributed by atoms with Crippen molar-refractivity contribution in [1.29, 1.82) is 0 Å². The highest BCUT2D eigenvalue weighted by Crippen LogP contribution is 2.40. The molecule has 0 radical (unpaired) electrons. The van der Waals surface area contributed by atoms with Crippen molar-refractivity contribution >= 4 is 21.7 Å². The molecule has 1 N–H and O–H groups in total. The van der Waals surface area contributed by atoms with Gasteiger partial charge < -0.3 is 10.0 Å². The highest BCUT2D eigenvalue weighted by atomic mass is 32.2. The normalized spacial score (nSPS) is 22.0. The summed E-state index contributed by atoms with van der Waals surface area (Å²) in [6.45, 7) is 3.10. The van der Waals surface area contributed by atoms with Crippen molar-refractivity contribution in [1.82, 2.24) is 9.80 Å². The van der Waals surface area contributed by atoms with Crippen molar-refractivity contribution in [3.63, 3.8) is 0 Å². The number of carbonyl (C=O) groups is 2. The summed E-state index contributed by atoms with van der Waals surface area (Å²) in [5.41, 5.74) is 0.538. The van der Waals surface area contributed by atoms with Crippen LogP contribution < -0.4 is 0 Å². The van der Waals surface area contributed by atoms with E-state index < -0.39 is 22.0 Å². The van der Waals surface area contributed by atoms with Gasteiger partial charge in [-0.2, -0.15) is 13.2 Å². The summed E-state index contributed by atoms with van der Waals surface area (Å²) >= 11 is 0. The van der Waals surface area contributed by atoms with E-state index in [-0.39, 0.29) is 29.4 Å². The minimum atomic E-state index is -5.08. The molecular weight excluding hydrogens is 444 g/mol. The molecule has 1 aromatic rings. The van der Waals surface area contributed by atoms with Gasteiger partial charge in [0.2, 0.25) is 5.91 Å². The molecule has 1 amide bonds. The molecule has 0 bridgehead atoms. The van der Waals surface area contributed by atoms with Gasteiger partial charge in [-0.25, -0.2) is 17.6 Å². The van der Waals surface area contributed by atoms with Gasteiger partial charge in [-0.3, -0.25) is 9.69 Å². The summed E-state index contributed by atoms with van der Waals surface area (Å²) in [5.74, 6) is -2.92. The second-order valence-electron chi connectivity index (χ2n) is 7.88. The van der Waals surface area contributed by atoms with Gasteiger partial charge in [-0.15, -0.1) is 0 Å². The zero-order valence-electron chi connectivity index (χ0n) is 16.9. The number of carboxylic acids is 1. The van der Waals surface area contributed by atoms with Crippen molar-refractivity contribution in [3.05, 3.63) is 35.6 Å². The van der Waals surface area contributed by atoms with Crippen molar-refractivity contribution in [2.45, 2.75) is 25.6 Å². The Kier molecular flexibility index (Phi) is 7.69. The molecule has 1 aromatic carbocycles. The van der Waals surface area contributed by atoms with Crippen LogP contribution in [0.4, 0.5) is 17.6 Å². The lowest BCUT2D eigenvalue weighted by Gasteiger charge is -2.53. The number of likely N-dealkylation sites (tertiary alicyclic amines) is 2. The van der Waals surface area contributed by atoms with E-state index in [1.807, 2.05) is 6.07 Å². The van der Waals surface area contributed by atoms with Crippen LogP contribution in [0.15, 0.2) is 24.3 Å². The van der Waals surface area contributed by atoms with E-state index in [9.17, 15) is 30.8 Å². The quantitative estimate of drug-likeness (QED) is 0.524. The van der Waals surface area contributed by atoms with Crippen LogP contribution in [0.2, 0.25) is 0 Å². The summed E-state index contributed by atoms with van der Waals surface area (Å²) in [5, 5.41) is 7.12. The molecular formula is C19H24F4N2O5S. The maximum atomic E-state index is 13.3. The maximum Gasteiger partial charge on any atom is 0.490 e. The average molecular weight is 468 g/mol. The van der Waals surface area contributed by atoms with Gasteiger partial charge in [0.1, 0.15) is 15.7 Å². The fourth-order valence-electron chi connectivity index (χ4n) is 3.76. The van der Waals surface area contributed by atoms with Crippen molar-refractivity contribution in [2.75, 3.05) is 38.2 Å². The Balaban J connectivity index is 0.000000423. The minimum absolute atomic E-state index is 0.0157. The Labute approximate surface area is 177 Å². The molecule has 2 aliphatic heterocycles. The SMILES string of the molecule is CS(=O)(=O)CCN1CC2(CCCN(Cc3cccc(F)c3)C2)C1=O.O=C(O)C(F)(F)F. The average Bonchev–Trinajstić information content (AvgIpc) is 2.64. The van der Waals surface area contributed by atoms with Crippen LogP contribution in [0.1, 0.15) is 18.4 Å². The molecule has 1 unspecified atom stereocenters. The number of rotatable bonds is 5. The van der Waals surface area contributed by atoms with E-state index in [0.29, 0.717) is 19.6 Å². The number of aliphatic carboxylic acids is 1. The van der Waals surface area contributed by atoms with E-state index in [1.54, 1.807) is 11.0 Å². The van der Waals surface area contributed by atoms with Crippen molar-refractivity contribution < 1.29 is 40.7 Å². The van der Waals surface area contributed by atoms with Crippen molar-refractivity contribution in [3.8, 4) is 0 Å². The standard InChI is InChI=1S/C17H23FN2O3S.C2HF3O2/c1-24(22,23)9-8-20-13-17(16(20)21)6-3-7-19(12-17)11-14-4-2-5-15(18)10-14;3-2(4,5)1(6)7/h2,4-5,10H,3,6-9,11-13H2,1H3;(H,6,7). The number of hydrogen-bond donors (Lipinski definition) is 1. The van der Waals surface area contributed by atoms with Gasteiger partial charge in [-0.05, 0) is 37.1 Å². The Hall–Kier alpha value is -2.21. The number of sulfone groups is 1. The first-order valence-corrected chi connectivity index (χ1v) is 11.5. The molecule has 174 valence electrons. The number of benzene rings is 1. The summed E-state index contributed by atoms with van der Waals surface area (Å²) < 4.78 is 67.6. The molecule has 12 heteroatoms. The van der Waals surface area contributed by atoms with Gasteiger partial charge in [-0.1, -0.05) is 12.1 Å². The van der Waals surface area contributed by atoms with Crippen LogP contribution in [-0.4, -0.2) is 79.6 Å². The lowest BCUT2D eigenvalue weighted by Crippen LogP contribution is -2.67. The van der Waals surface area contributed by atoms with Gasteiger partial charge in [0.15, 0.2) is 0 Å². The molecule has 3 rings (SSSR count). The Morgan fingerprint density at radius 1 is 1.26 bits per heavy atom. The van der Waals surface area contributed by atoms with E-state index in [2.05, 4.69) is 4.90 Å². The number of nitrogens with zero attached hydrogens (tertiary/aromatic N) is 2. The molecule has 31 heavy (non-hydrogen) atoms. The van der Waals surface area contributed by atoms with Crippen LogP contribution in [-0.2, 0) is 26.0 Å². The number of piperidine rings is 1. The molecule has 2 saturated heterocycles. The second kappa shape index (κ2) is 9.51. The number of alkyl halides is 3. The maximum absolute atomic E-state index is 13.3.